The van der Waals surface area contributed by atoms with Gasteiger partial charge in [0.15, 0.2) is 11.3 Å². The Balaban J connectivity index is 2.39. The van der Waals surface area contributed by atoms with E-state index in [0.717, 1.165) is 18.2 Å². The van der Waals surface area contributed by atoms with Gasteiger partial charge in [0.2, 0.25) is 5.43 Å². The fourth-order valence-electron chi connectivity index (χ4n) is 2.54. The first kappa shape index (κ1) is 19.0. The summed E-state index contributed by atoms with van der Waals surface area (Å²) in [7, 11) is 0. The molecule has 0 saturated heterocycles. The van der Waals surface area contributed by atoms with E-state index in [1.165, 1.54) is 18.2 Å². The van der Waals surface area contributed by atoms with E-state index in [4.69, 9.17) is 20.8 Å². The first-order valence-electron chi connectivity index (χ1n) is 8.02. The molecular weight excluding hydrogens is 378 g/mol. The molecular formula is C20H15ClF2O4. The van der Waals surface area contributed by atoms with Crippen molar-refractivity contribution in [2.24, 2.45) is 0 Å². The summed E-state index contributed by atoms with van der Waals surface area (Å²) in [4.78, 5) is 25.6. The van der Waals surface area contributed by atoms with E-state index in [-0.39, 0.29) is 21.6 Å². The van der Waals surface area contributed by atoms with Crippen LogP contribution in [0.25, 0.3) is 22.3 Å². The molecule has 2 aromatic carbocycles. The maximum Gasteiger partial charge on any atom is 0.346 e. The van der Waals surface area contributed by atoms with Gasteiger partial charge in [-0.15, -0.1) is 0 Å². The predicted molar refractivity (Wildman–Crippen MR) is 98.0 cm³/mol. The topological polar surface area (TPSA) is 56.5 Å². The zero-order chi connectivity index (χ0) is 19.9. The van der Waals surface area contributed by atoms with Crippen molar-refractivity contribution in [3.05, 3.63) is 68.8 Å². The van der Waals surface area contributed by atoms with Crippen LogP contribution >= 0.6 is 11.6 Å². The Morgan fingerprint density at radius 1 is 1.11 bits per heavy atom. The van der Waals surface area contributed by atoms with E-state index in [0.29, 0.717) is 0 Å². The van der Waals surface area contributed by atoms with Gasteiger partial charge in [0.05, 0.1) is 10.9 Å². The first-order chi connectivity index (χ1) is 12.6. The van der Waals surface area contributed by atoms with Crippen LogP contribution < -0.4 is 5.43 Å². The highest BCUT2D eigenvalue weighted by Crippen LogP contribution is 2.31. The molecule has 7 heteroatoms. The van der Waals surface area contributed by atoms with E-state index in [1.54, 1.807) is 20.8 Å². The SMILES string of the molecule is CC(C)(C)OC(=O)c1c(-c2cc(F)ccc2F)oc2cc(Cl)ccc2c1=O. The number of esters is 1. The van der Waals surface area contributed by atoms with Gasteiger partial charge in [-0.25, -0.2) is 13.6 Å². The molecule has 0 N–H and O–H groups in total. The highest BCUT2D eigenvalue weighted by atomic mass is 35.5. The third-order valence-electron chi connectivity index (χ3n) is 3.63. The van der Waals surface area contributed by atoms with E-state index >= 15 is 0 Å². The Kier molecular flexibility index (Phi) is 4.78. The lowest BCUT2D eigenvalue weighted by molar-refractivity contribution is 0.00674. The molecule has 0 bridgehead atoms. The van der Waals surface area contributed by atoms with Gasteiger partial charge in [0.1, 0.15) is 22.8 Å². The van der Waals surface area contributed by atoms with Gasteiger partial charge in [-0.3, -0.25) is 4.79 Å². The fourth-order valence-corrected chi connectivity index (χ4v) is 2.70. The lowest BCUT2D eigenvalue weighted by atomic mass is 10.0. The average Bonchev–Trinajstić information content (AvgIpc) is 2.54. The van der Waals surface area contributed by atoms with E-state index in [2.05, 4.69) is 0 Å². The third kappa shape index (κ3) is 3.85. The summed E-state index contributed by atoms with van der Waals surface area (Å²) in [6.07, 6.45) is 0. The number of benzene rings is 2. The van der Waals surface area contributed by atoms with Gasteiger partial charge in [-0.1, -0.05) is 11.6 Å². The third-order valence-corrected chi connectivity index (χ3v) is 3.87. The number of fused-ring (bicyclic) bond motifs is 1. The molecule has 0 fully saturated rings. The highest BCUT2D eigenvalue weighted by Gasteiger charge is 2.28. The molecule has 0 unspecified atom stereocenters. The molecule has 0 aliphatic rings. The summed E-state index contributed by atoms with van der Waals surface area (Å²) in [5.74, 6) is -3.02. The van der Waals surface area contributed by atoms with E-state index in [1.807, 2.05) is 0 Å². The van der Waals surface area contributed by atoms with Crippen molar-refractivity contribution in [1.82, 2.24) is 0 Å². The monoisotopic (exact) mass is 392 g/mol. The van der Waals surface area contributed by atoms with Crippen LogP contribution in [0, 0.1) is 11.6 Å². The van der Waals surface area contributed by atoms with Gasteiger partial charge >= 0.3 is 5.97 Å². The van der Waals surface area contributed by atoms with Gasteiger partial charge < -0.3 is 9.15 Å². The molecule has 0 saturated carbocycles. The van der Waals surface area contributed by atoms with Crippen molar-refractivity contribution in [2.75, 3.05) is 0 Å². The molecule has 0 aliphatic carbocycles. The number of rotatable bonds is 2. The summed E-state index contributed by atoms with van der Waals surface area (Å²) >= 11 is 5.93. The Hall–Kier alpha value is -2.73. The van der Waals surface area contributed by atoms with Gasteiger partial charge in [-0.05, 0) is 51.1 Å². The lowest BCUT2D eigenvalue weighted by Gasteiger charge is -2.20. The Labute approximate surface area is 158 Å². The van der Waals surface area contributed by atoms with Gasteiger partial charge in [-0.2, -0.15) is 0 Å². The van der Waals surface area contributed by atoms with Crippen molar-refractivity contribution in [1.29, 1.82) is 0 Å². The molecule has 3 aromatic rings. The fraction of sp³-hybridized carbons (Fsp3) is 0.200. The second-order valence-electron chi connectivity index (χ2n) is 6.90. The zero-order valence-electron chi connectivity index (χ0n) is 14.7. The molecule has 1 heterocycles. The van der Waals surface area contributed by atoms with Gasteiger partial charge in [0.25, 0.3) is 0 Å². The summed E-state index contributed by atoms with van der Waals surface area (Å²) in [5.41, 5.74) is -2.46. The molecule has 1 aromatic heterocycles. The largest absolute Gasteiger partial charge is 0.456 e. The van der Waals surface area contributed by atoms with Crippen LogP contribution in [0.2, 0.25) is 5.02 Å². The Morgan fingerprint density at radius 3 is 2.48 bits per heavy atom. The normalized spacial score (nSPS) is 11.6. The van der Waals surface area contributed by atoms with Crippen molar-refractivity contribution in [3.8, 4) is 11.3 Å². The van der Waals surface area contributed by atoms with Crippen LogP contribution in [0.15, 0.2) is 45.6 Å². The van der Waals surface area contributed by atoms with Crippen LogP contribution in [0.4, 0.5) is 8.78 Å². The molecule has 27 heavy (non-hydrogen) atoms. The number of hydrogen-bond donors (Lipinski definition) is 0. The minimum absolute atomic E-state index is 0.0402. The second kappa shape index (κ2) is 6.78. The molecule has 3 rings (SSSR count). The molecule has 0 aliphatic heterocycles. The van der Waals surface area contributed by atoms with Crippen molar-refractivity contribution >= 4 is 28.5 Å². The first-order valence-corrected chi connectivity index (χ1v) is 8.40. The van der Waals surface area contributed by atoms with Crippen LogP contribution in [-0.2, 0) is 4.74 Å². The zero-order valence-corrected chi connectivity index (χ0v) is 15.5. The summed E-state index contributed by atoms with van der Waals surface area (Å²) in [6.45, 7) is 4.86. The number of hydrogen-bond acceptors (Lipinski definition) is 4. The minimum atomic E-state index is -0.994. The molecule has 0 atom stereocenters. The quantitative estimate of drug-likeness (QED) is 0.552. The van der Waals surface area contributed by atoms with E-state index in [9.17, 15) is 18.4 Å². The minimum Gasteiger partial charge on any atom is -0.456 e. The van der Waals surface area contributed by atoms with E-state index < -0.39 is 40.0 Å². The standard InChI is InChI=1S/C20H15ClF2O4/c1-20(2,3)27-19(25)16-17(24)12-6-4-10(21)8-15(12)26-18(16)13-9-11(22)5-7-14(13)23/h4-9H,1-3H3. The lowest BCUT2D eigenvalue weighted by Crippen LogP contribution is -2.28. The Bertz CT molecular complexity index is 1110. The number of ether oxygens (including phenoxy) is 1. The smallest absolute Gasteiger partial charge is 0.346 e. The highest BCUT2D eigenvalue weighted by molar-refractivity contribution is 6.31. The maximum atomic E-state index is 14.3. The molecule has 0 amide bonds. The summed E-state index contributed by atoms with van der Waals surface area (Å²) < 4.78 is 38.9. The molecule has 4 nitrogen and oxygen atoms in total. The van der Waals surface area contributed by atoms with Crippen molar-refractivity contribution < 1.29 is 22.7 Å². The molecule has 0 radical (unpaired) electrons. The maximum absolute atomic E-state index is 14.3. The van der Waals surface area contributed by atoms with Crippen LogP contribution in [-0.4, -0.2) is 11.6 Å². The van der Waals surface area contributed by atoms with Crippen molar-refractivity contribution in [3.63, 3.8) is 0 Å². The second-order valence-corrected chi connectivity index (χ2v) is 7.34. The summed E-state index contributed by atoms with van der Waals surface area (Å²) in [6, 6.07) is 6.86. The number of carbonyl (C=O) groups excluding carboxylic acids is 1. The van der Waals surface area contributed by atoms with Crippen LogP contribution in [0.3, 0.4) is 0 Å². The van der Waals surface area contributed by atoms with Gasteiger partial charge in [0, 0.05) is 11.1 Å². The summed E-state index contributed by atoms with van der Waals surface area (Å²) in [5, 5.41) is 0.349. The molecule has 0 spiro atoms. The van der Waals surface area contributed by atoms with Crippen molar-refractivity contribution in [2.45, 2.75) is 26.4 Å². The molecule has 140 valence electrons. The number of carbonyl (C=O) groups is 1. The Morgan fingerprint density at radius 2 is 1.81 bits per heavy atom. The van der Waals surface area contributed by atoms with Crippen LogP contribution in [0.1, 0.15) is 31.1 Å². The number of halogens is 3. The van der Waals surface area contributed by atoms with Crippen LogP contribution in [0.5, 0.6) is 0 Å². The predicted octanol–water partition coefficient (Wildman–Crippen LogP) is 5.35. The average molecular weight is 393 g/mol.